The first-order valence-corrected chi connectivity index (χ1v) is 6.28. The highest BCUT2D eigenvalue weighted by atomic mass is 15.2. The summed E-state index contributed by atoms with van der Waals surface area (Å²) in [6.45, 7) is 4.44. The minimum absolute atomic E-state index is 0.522. The third kappa shape index (κ3) is 2.87. The fourth-order valence-electron chi connectivity index (χ4n) is 2.01. The topological polar surface area (TPSA) is 42.2 Å². The van der Waals surface area contributed by atoms with Crippen LogP contribution in [0.4, 0.5) is 5.82 Å². The van der Waals surface area contributed by atoms with Crippen LogP contribution in [0.1, 0.15) is 18.1 Å². The quantitative estimate of drug-likeness (QED) is 0.874. The van der Waals surface area contributed by atoms with Crippen molar-refractivity contribution in [2.45, 2.75) is 20.0 Å². The molecule has 1 heterocycles. The number of rotatable bonds is 5. The number of aromatic nitrogens is 1. The Morgan fingerprint density at radius 3 is 2.56 bits per heavy atom. The van der Waals surface area contributed by atoms with E-state index in [9.17, 15) is 0 Å². The number of benzene rings is 1. The zero-order chi connectivity index (χ0) is 12.8. The Bertz CT molecular complexity index is 482. The molecule has 0 spiro atoms. The first-order chi connectivity index (χ1) is 8.85. The van der Waals surface area contributed by atoms with E-state index >= 15 is 0 Å². The van der Waals surface area contributed by atoms with Crippen LogP contribution in [-0.4, -0.2) is 11.5 Å². The van der Waals surface area contributed by atoms with Crippen LogP contribution in [0.3, 0.4) is 0 Å². The second kappa shape index (κ2) is 6.17. The van der Waals surface area contributed by atoms with Crippen molar-refractivity contribution in [3.05, 3.63) is 59.8 Å². The molecule has 0 aliphatic rings. The highest BCUT2D eigenvalue weighted by Crippen LogP contribution is 2.18. The van der Waals surface area contributed by atoms with E-state index in [-0.39, 0.29) is 0 Å². The number of pyridine rings is 1. The van der Waals surface area contributed by atoms with E-state index in [0.29, 0.717) is 6.54 Å². The van der Waals surface area contributed by atoms with E-state index in [1.807, 2.05) is 24.4 Å². The van der Waals surface area contributed by atoms with Crippen molar-refractivity contribution < 1.29 is 0 Å². The Kier molecular flexibility index (Phi) is 4.31. The van der Waals surface area contributed by atoms with Gasteiger partial charge in [-0.1, -0.05) is 36.4 Å². The van der Waals surface area contributed by atoms with Crippen LogP contribution in [0.2, 0.25) is 0 Å². The summed E-state index contributed by atoms with van der Waals surface area (Å²) in [7, 11) is 0. The SMILES string of the molecule is CCN(Cc1ccccc1)c1ncccc1CN. The van der Waals surface area contributed by atoms with E-state index in [4.69, 9.17) is 5.73 Å². The summed E-state index contributed by atoms with van der Waals surface area (Å²) in [6.07, 6.45) is 1.82. The average molecular weight is 241 g/mol. The molecule has 3 heteroatoms. The Hall–Kier alpha value is -1.87. The summed E-state index contributed by atoms with van der Waals surface area (Å²) in [5.41, 5.74) is 8.15. The third-order valence-electron chi connectivity index (χ3n) is 2.98. The van der Waals surface area contributed by atoms with Gasteiger partial charge in [-0.15, -0.1) is 0 Å². The lowest BCUT2D eigenvalue weighted by atomic mass is 10.2. The lowest BCUT2D eigenvalue weighted by molar-refractivity contribution is 0.801. The molecule has 2 N–H and O–H groups in total. The van der Waals surface area contributed by atoms with Crippen LogP contribution in [0.5, 0.6) is 0 Å². The van der Waals surface area contributed by atoms with E-state index in [1.165, 1.54) is 5.56 Å². The number of nitrogens with two attached hydrogens (primary N) is 1. The van der Waals surface area contributed by atoms with Crippen molar-refractivity contribution in [3.63, 3.8) is 0 Å². The summed E-state index contributed by atoms with van der Waals surface area (Å²) in [5, 5.41) is 0. The van der Waals surface area contributed by atoms with Crippen LogP contribution < -0.4 is 10.6 Å². The van der Waals surface area contributed by atoms with Crippen molar-refractivity contribution in [2.24, 2.45) is 5.73 Å². The standard InChI is InChI=1S/C15H19N3/c1-2-18(12-13-7-4-3-5-8-13)15-14(11-16)9-6-10-17-15/h3-10H,2,11-12,16H2,1H3. The minimum Gasteiger partial charge on any atom is -0.352 e. The molecule has 18 heavy (non-hydrogen) atoms. The molecule has 0 unspecified atom stereocenters. The van der Waals surface area contributed by atoms with Gasteiger partial charge in [0.05, 0.1) is 0 Å². The first kappa shape index (κ1) is 12.6. The van der Waals surface area contributed by atoms with E-state index in [0.717, 1.165) is 24.5 Å². The van der Waals surface area contributed by atoms with Crippen LogP contribution in [0.25, 0.3) is 0 Å². The molecule has 0 aliphatic heterocycles. The fraction of sp³-hybridized carbons (Fsp3) is 0.267. The van der Waals surface area contributed by atoms with Crippen molar-refractivity contribution in [1.29, 1.82) is 0 Å². The maximum Gasteiger partial charge on any atom is 0.133 e. The summed E-state index contributed by atoms with van der Waals surface area (Å²) in [6, 6.07) is 14.4. The molecule has 0 bridgehead atoms. The highest BCUT2D eigenvalue weighted by Gasteiger charge is 2.10. The molecule has 0 fully saturated rings. The molecule has 1 aromatic heterocycles. The Morgan fingerprint density at radius 1 is 1.11 bits per heavy atom. The molecule has 2 rings (SSSR count). The second-order valence-electron chi connectivity index (χ2n) is 4.19. The van der Waals surface area contributed by atoms with E-state index in [2.05, 4.69) is 41.1 Å². The summed E-state index contributed by atoms with van der Waals surface area (Å²) >= 11 is 0. The molecular formula is C15H19N3. The van der Waals surface area contributed by atoms with Gasteiger partial charge < -0.3 is 10.6 Å². The Balaban J connectivity index is 2.23. The summed E-state index contributed by atoms with van der Waals surface area (Å²) < 4.78 is 0. The van der Waals surface area contributed by atoms with Gasteiger partial charge in [0.25, 0.3) is 0 Å². The van der Waals surface area contributed by atoms with Gasteiger partial charge in [0, 0.05) is 31.4 Å². The smallest absolute Gasteiger partial charge is 0.133 e. The van der Waals surface area contributed by atoms with Gasteiger partial charge in [-0.2, -0.15) is 0 Å². The zero-order valence-electron chi connectivity index (χ0n) is 10.7. The Morgan fingerprint density at radius 2 is 1.89 bits per heavy atom. The van der Waals surface area contributed by atoms with Crippen LogP contribution in [-0.2, 0) is 13.1 Å². The van der Waals surface area contributed by atoms with Gasteiger partial charge in [-0.3, -0.25) is 0 Å². The maximum atomic E-state index is 5.77. The Labute approximate surface area is 108 Å². The first-order valence-electron chi connectivity index (χ1n) is 6.28. The number of hydrogen-bond acceptors (Lipinski definition) is 3. The molecular weight excluding hydrogens is 222 g/mol. The number of nitrogens with zero attached hydrogens (tertiary/aromatic N) is 2. The number of hydrogen-bond donors (Lipinski definition) is 1. The van der Waals surface area contributed by atoms with Gasteiger partial charge >= 0.3 is 0 Å². The zero-order valence-corrected chi connectivity index (χ0v) is 10.7. The van der Waals surface area contributed by atoms with Gasteiger partial charge in [0.15, 0.2) is 0 Å². The molecule has 0 saturated heterocycles. The van der Waals surface area contributed by atoms with Gasteiger partial charge in [0.2, 0.25) is 0 Å². The van der Waals surface area contributed by atoms with E-state index < -0.39 is 0 Å². The van der Waals surface area contributed by atoms with E-state index in [1.54, 1.807) is 0 Å². The normalized spacial score (nSPS) is 10.3. The largest absolute Gasteiger partial charge is 0.352 e. The maximum absolute atomic E-state index is 5.77. The van der Waals surface area contributed by atoms with Crippen molar-refractivity contribution in [3.8, 4) is 0 Å². The number of anilines is 1. The van der Waals surface area contributed by atoms with Gasteiger partial charge in [0.1, 0.15) is 5.82 Å². The van der Waals surface area contributed by atoms with Crippen molar-refractivity contribution in [2.75, 3.05) is 11.4 Å². The highest BCUT2D eigenvalue weighted by molar-refractivity contribution is 5.47. The van der Waals surface area contributed by atoms with Gasteiger partial charge in [-0.25, -0.2) is 4.98 Å². The lowest BCUT2D eigenvalue weighted by Gasteiger charge is -2.24. The van der Waals surface area contributed by atoms with Crippen LogP contribution >= 0.6 is 0 Å². The molecule has 0 atom stereocenters. The molecule has 0 radical (unpaired) electrons. The fourth-order valence-corrected chi connectivity index (χ4v) is 2.01. The molecule has 2 aromatic rings. The summed E-state index contributed by atoms with van der Waals surface area (Å²) in [4.78, 5) is 6.71. The molecule has 0 amide bonds. The molecule has 1 aromatic carbocycles. The van der Waals surface area contributed by atoms with Crippen molar-refractivity contribution >= 4 is 5.82 Å². The van der Waals surface area contributed by atoms with Gasteiger partial charge in [-0.05, 0) is 18.6 Å². The lowest BCUT2D eigenvalue weighted by Crippen LogP contribution is -2.24. The van der Waals surface area contributed by atoms with Crippen molar-refractivity contribution in [1.82, 2.24) is 4.98 Å². The predicted octanol–water partition coefficient (Wildman–Crippen LogP) is 2.57. The average Bonchev–Trinajstić information content (AvgIpc) is 2.46. The summed E-state index contributed by atoms with van der Waals surface area (Å²) in [5.74, 6) is 0.992. The second-order valence-corrected chi connectivity index (χ2v) is 4.19. The van der Waals surface area contributed by atoms with Crippen LogP contribution in [0, 0.1) is 0 Å². The molecule has 0 aliphatic carbocycles. The molecule has 0 saturated carbocycles. The predicted molar refractivity (Wildman–Crippen MR) is 75.3 cm³/mol. The third-order valence-corrected chi connectivity index (χ3v) is 2.98. The minimum atomic E-state index is 0.522. The molecule has 94 valence electrons. The molecule has 3 nitrogen and oxygen atoms in total. The van der Waals surface area contributed by atoms with Crippen LogP contribution in [0.15, 0.2) is 48.7 Å². The monoisotopic (exact) mass is 241 g/mol.